The van der Waals surface area contributed by atoms with Crippen molar-refractivity contribution in [3.05, 3.63) is 0 Å². The van der Waals surface area contributed by atoms with E-state index in [1.165, 1.54) is 45.1 Å². The van der Waals surface area contributed by atoms with Crippen LogP contribution in [0.4, 0.5) is 0 Å². The fourth-order valence-corrected chi connectivity index (χ4v) is 3.49. The van der Waals surface area contributed by atoms with Crippen LogP contribution < -0.4 is 5.32 Å². The summed E-state index contributed by atoms with van der Waals surface area (Å²) in [7, 11) is 0. The Morgan fingerprint density at radius 1 is 1.22 bits per heavy atom. The minimum atomic E-state index is 0.632. The second-order valence-electron chi connectivity index (χ2n) is 5.89. The smallest absolute Gasteiger partial charge is 0.0480 e. The molecule has 2 unspecified atom stereocenters. The van der Waals surface area contributed by atoms with Crippen LogP contribution >= 0.6 is 0 Å². The molecule has 0 saturated carbocycles. The molecular formula is C15H30N2O. The SMILES string of the molecule is CCCNC(C)C1CCCCN1C1CCOCC1. The molecule has 3 heteroatoms. The van der Waals surface area contributed by atoms with Crippen LogP contribution in [-0.2, 0) is 4.74 Å². The van der Waals surface area contributed by atoms with Gasteiger partial charge in [0, 0.05) is 31.3 Å². The van der Waals surface area contributed by atoms with E-state index >= 15 is 0 Å². The van der Waals surface area contributed by atoms with E-state index in [9.17, 15) is 0 Å². The van der Waals surface area contributed by atoms with Crippen molar-refractivity contribution in [3.8, 4) is 0 Å². The summed E-state index contributed by atoms with van der Waals surface area (Å²) in [5.41, 5.74) is 0. The number of hydrogen-bond acceptors (Lipinski definition) is 3. The van der Waals surface area contributed by atoms with E-state index in [1.54, 1.807) is 0 Å². The monoisotopic (exact) mass is 254 g/mol. The molecule has 3 nitrogen and oxygen atoms in total. The first-order valence-electron chi connectivity index (χ1n) is 7.89. The second-order valence-corrected chi connectivity index (χ2v) is 5.89. The predicted molar refractivity (Wildman–Crippen MR) is 75.9 cm³/mol. The summed E-state index contributed by atoms with van der Waals surface area (Å²) in [6.07, 6.45) is 7.86. The average molecular weight is 254 g/mol. The van der Waals surface area contributed by atoms with Crippen molar-refractivity contribution in [1.82, 2.24) is 10.2 Å². The van der Waals surface area contributed by atoms with E-state index in [2.05, 4.69) is 24.1 Å². The summed E-state index contributed by atoms with van der Waals surface area (Å²) < 4.78 is 5.51. The topological polar surface area (TPSA) is 24.5 Å². The quantitative estimate of drug-likeness (QED) is 0.815. The van der Waals surface area contributed by atoms with Crippen molar-refractivity contribution >= 4 is 0 Å². The summed E-state index contributed by atoms with van der Waals surface area (Å²) in [4.78, 5) is 2.79. The van der Waals surface area contributed by atoms with Gasteiger partial charge in [-0.3, -0.25) is 4.90 Å². The number of rotatable bonds is 5. The van der Waals surface area contributed by atoms with Crippen molar-refractivity contribution in [2.45, 2.75) is 70.5 Å². The molecule has 2 atom stereocenters. The first-order chi connectivity index (χ1) is 8.83. The molecule has 0 radical (unpaired) electrons. The summed E-state index contributed by atoms with van der Waals surface area (Å²) >= 11 is 0. The van der Waals surface area contributed by atoms with E-state index in [4.69, 9.17) is 4.74 Å². The molecule has 2 fully saturated rings. The third-order valence-electron chi connectivity index (χ3n) is 4.55. The van der Waals surface area contributed by atoms with Crippen LogP contribution in [0.1, 0.15) is 52.4 Å². The number of nitrogens with zero attached hydrogens (tertiary/aromatic N) is 1. The van der Waals surface area contributed by atoms with Crippen LogP contribution in [0.25, 0.3) is 0 Å². The lowest BCUT2D eigenvalue weighted by molar-refractivity contribution is -0.00289. The molecule has 0 aliphatic carbocycles. The fraction of sp³-hybridized carbons (Fsp3) is 1.00. The highest BCUT2D eigenvalue weighted by atomic mass is 16.5. The summed E-state index contributed by atoms with van der Waals surface area (Å²) in [5.74, 6) is 0. The van der Waals surface area contributed by atoms with E-state index in [1.807, 2.05) is 0 Å². The Bertz CT molecular complexity index is 229. The van der Waals surface area contributed by atoms with Gasteiger partial charge in [0.1, 0.15) is 0 Å². The van der Waals surface area contributed by atoms with Gasteiger partial charge < -0.3 is 10.1 Å². The largest absolute Gasteiger partial charge is 0.381 e. The van der Waals surface area contributed by atoms with Crippen molar-refractivity contribution in [2.75, 3.05) is 26.3 Å². The summed E-state index contributed by atoms with van der Waals surface area (Å²) in [5, 5.41) is 3.70. The van der Waals surface area contributed by atoms with E-state index in [0.717, 1.165) is 31.8 Å². The van der Waals surface area contributed by atoms with Gasteiger partial charge in [0.2, 0.25) is 0 Å². The highest BCUT2D eigenvalue weighted by Gasteiger charge is 2.32. The highest BCUT2D eigenvalue weighted by Crippen LogP contribution is 2.26. The van der Waals surface area contributed by atoms with E-state index < -0.39 is 0 Å². The molecule has 0 aromatic rings. The zero-order valence-corrected chi connectivity index (χ0v) is 12.2. The molecule has 2 saturated heterocycles. The van der Waals surface area contributed by atoms with Gasteiger partial charge in [-0.2, -0.15) is 0 Å². The highest BCUT2D eigenvalue weighted by molar-refractivity contribution is 4.89. The van der Waals surface area contributed by atoms with Gasteiger partial charge in [-0.25, -0.2) is 0 Å². The van der Waals surface area contributed by atoms with Gasteiger partial charge in [-0.05, 0) is 52.1 Å². The summed E-state index contributed by atoms with van der Waals surface area (Å²) in [6.45, 7) is 9.00. The maximum atomic E-state index is 5.51. The molecule has 0 bridgehead atoms. The number of piperidine rings is 1. The summed E-state index contributed by atoms with van der Waals surface area (Å²) in [6, 6.07) is 2.15. The molecule has 0 spiro atoms. The van der Waals surface area contributed by atoms with Crippen LogP contribution in [0, 0.1) is 0 Å². The fourth-order valence-electron chi connectivity index (χ4n) is 3.49. The van der Waals surface area contributed by atoms with Crippen LogP contribution in [0.2, 0.25) is 0 Å². The minimum absolute atomic E-state index is 0.632. The number of nitrogens with one attached hydrogen (secondary N) is 1. The first kappa shape index (κ1) is 14.3. The van der Waals surface area contributed by atoms with Crippen LogP contribution in [0.5, 0.6) is 0 Å². The van der Waals surface area contributed by atoms with Crippen molar-refractivity contribution in [2.24, 2.45) is 0 Å². The maximum absolute atomic E-state index is 5.51. The van der Waals surface area contributed by atoms with E-state index in [0.29, 0.717) is 6.04 Å². The zero-order chi connectivity index (χ0) is 12.8. The first-order valence-corrected chi connectivity index (χ1v) is 7.89. The maximum Gasteiger partial charge on any atom is 0.0480 e. The molecule has 0 aromatic heterocycles. The Morgan fingerprint density at radius 3 is 2.72 bits per heavy atom. The molecule has 1 N–H and O–H groups in total. The normalized spacial score (nSPS) is 29.3. The lowest BCUT2D eigenvalue weighted by Crippen LogP contribution is -2.55. The number of ether oxygens (including phenoxy) is 1. The Kier molecular flexibility index (Phi) is 5.93. The molecular weight excluding hydrogens is 224 g/mol. The van der Waals surface area contributed by atoms with Crippen LogP contribution in [0.3, 0.4) is 0 Å². The second kappa shape index (κ2) is 7.46. The lowest BCUT2D eigenvalue weighted by Gasteiger charge is -2.45. The Labute approximate surface area is 112 Å². The molecule has 2 aliphatic heterocycles. The third kappa shape index (κ3) is 3.69. The van der Waals surface area contributed by atoms with Gasteiger partial charge in [0.05, 0.1) is 0 Å². The lowest BCUT2D eigenvalue weighted by atomic mass is 9.92. The number of likely N-dealkylation sites (tertiary alicyclic amines) is 1. The Hall–Kier alpha value is -0.120. The molecule has 18 heavy (non-hydrogen) atoms. The standard InChI is InChI=1S/C15H30N2O/c1-3-9-16-13(2)15-6-4-5-10-17(15)14-7-11-18-12-8-14/h13-16H,3-12H2,1-2H3. The molecule has 2 rings (SSSR count). The van der Waals surface area contributed by atoms with Crippen molar-refractivity contribution in [3.63, 3.8) is 0 Å². The number of hydrogen-bond donors (Lipinski definition) is 1. The van der Waals surface area contributed by atoms with Gasteiger partial charge >= 0.3 is 0 Å². The average Bonchev–Trinajstić information content (AvgIpc) is 2.45. The van der Waals surface area contributed by atoms with Gasteiger partial charge in [-0.15, -0.1) is 0 Å². The van der Waals surface area contributed by atoms with Crippen molar-refractivity contribution in [1.29, 1.82) is 0 Å². The Morgan fingerprint density at radius 2 is 2.00 bits per heavy atom. The van der Waals surface area contributed by atoms with Crippen LogP contribution in [-0.4, -0.2) is 49.3 Å². The molecule has 2 heterocycles. The molecule has 2 aliphatic rings. The predicted octanol–water partition coefficient (Wildman–Crippen LogP) is 2.41. The Balaban J connectivity index is 1.91. The van der Waals surface area contributed by atoms with Gasteiger partial charge in [0.25, 0.3) is 0 Å². The van der Waals surface area contributed by atoms with Gasteiger partial charge in [0.15, 0.2) is 0 Å². The van der Waals surface area contributed by atoms with Gasteiger partial charge in [-0.1, -0.05) is 13.3 Å². The zero-order valence-electron chi connectivity index (χ0n) is 12.2. The molecule has 0 amide bonds. The van der Waals surface area contributed by atoms with Crippen molar-refractivity contribution < 1.29 is 4.74 Å². The van der Waals surface area contributed by atoms with Crippen LogP contribution in [0.15, 0.2) is 0 Å². The minimum Gasteiger partial charge on any atom is -0.381 e. The molecule has 0 aromatic carbocycles. The van der Waals surface area contributed by atoms with E-state index in [-0.39, 0.29) is 0 Å². The third-order valence-corrected chi connectivity index (χ3v) is 4.55. The molecule has 106 valence electrons.